The summed E-state index contributed by atoms with van der Waals surface area (Å²) in [7, 11) is 0.415. The largest absolute Gasteiger partial charge is 0.382 e. The number of carbonyl (C=O) groups is 1. The Labute approximate surface area is 223 Å². The minimum atomic E-state index is -1.66. The maximum absolute atomic E-state index is 12.9. The molecule has 1 aromatic carbocycles. The van der Waals surface area contributed by atoms with E-state index in [1.54, 1.807) is 23.9 Å². The van der Waals surface area contributed by atoms with E-state index in [0.29, 0.717) is 41.3 Å². The van der Waals surface area contributed by atoms with Gasteiger partial charge in [0.1, 0.15) is 19.9 Å². The molecule has 3 aromatic heterocycles. The summed E-state index contributed by atoms with van der Waals surface area (Å²) in [5.74, 6) is -0.193. The van der Waals surface area contributed by atoms with Crippen LogP contribution in [0, 0.1) is 0 Å². The van der Waals surface area contributed by atoms with Gasteiger partial charge in [0, 0.05) is 45.8 Å². The van der Waals surface area contributed by atoms with Crippen LogP contribution in [0.25, 0.3) is 33.5 Å². The predicted molar refractivity (Wildman–Crippen MR) is 149 cm³/mol. The van der Waals surface area contributed by atoms with Gasteiger partial charge in [-0.1, -0.05) is 37.8 Å². The maximum Gasteiger partial charge on any atom is 0.260 e. The third kappa shape index (κ3) is 5.04. The highest BCUT2D eigenvalue weighted by molar-refractivity contribution is 6.76. The molecule has 0 unspecified atom stereocenters. The average Bonchev–Trinajstić information content (AvgIpc) is 3.44. The third-order valence-electron chi connectivity index (χ3n) is 6.83. The van der Waals surface area contributed by atoms with Crippen LogP contribution in [0.4, 0.5) is 5.82 Å². The number of hydrogen-bond donors (Lipinski definition) is 2. The van der Waals surface area contributed by atoms with Gasteiger partial charge in [-0.15, -0.1) is 0 Å². The Balaban J connectivity index is 1.50. The highest BCUT2D eigenvalue weighted by atomic mass is 28.3. The second kappa shape index (κ2) is 9.90. The molecule has 198 valence electrons. The number of nitrogens with zero attached hydrogens (tertiary/aromatic N) is 6. The topological polar surface area (TPSA) is 132 Å². The van der Waals surface area contributed by atoms with Crippen molar-refractivity contribution in [3.63, 3.8) is 0 Å². The lowest BCUT2D eigenvalue weighted by atomic mass is 9.96. The van der Waals surface area contributed by atoms with Crippen molar-refractivity contribution in [1.29, 1.82) is 0 Å². The molecular weight excluding hydrogens is 498 g/mol. The van der Waals surface area contributed by atoms with E-state index in [4.69, 9.17) is 16.9 Å². The molecule has 1 fully saturated rings. The van der Waals surface area contributed by atoms with Crippen molar-refractivity contribution in [2.75, 3.05) is 25.9 Å². The molecular formula is C27H33N7O3Si. The Bertz CT molecular complexity index is 1550. The quantitative estimate of drug-likeness (QED) is 0.260. The van der Waals surface area contributed by atoms with Crippen LogP contribution in [-0.4, -0.2) is 68.9 Å². The zero-order valence-corrected chi connectivity index (χ0v) is 23.1. The van der Waals surface area contributed by atoms with Crippen molar-refractivity contribution < 1.29 is 16.0 Å². The van der Waals surface area contributed by atoms with Crippen molar-refractivity contribution in [1.82, 2.24) is 29.6 Å². The number of aromatic nitrogens is 5. The van der Waals surface area contributed by atoms with Crippen LogP contribution in [0.2, 0.25) is 25.7 Å². The van der Waals surface area contributed by atoms with Crippen LogP contribution in [0.5, 0.6) is 0 Å². The fraction of sp³-hybridized carbons (Fsp3) is 0.370. The van der Waals surface area contributed by atoms with Crippen LogP contribution in [0.1, 0.15) is 13.5 Å². The molecule has 11 heteroatoms. The number of pyridine rings is 1. The molecule has 1 saturated heterocycles. The smallest absolute Gasteiger partial charge is 0.260 e. The molecule has 0 bridgehead atoms. The number of carbonyl (C=O) groups excluding carboxylic acids is 1. The van der Waals surface area contributed by atoms with Crippen molar-refractivity contribution in [3.8, 4) is 22.5 Å². The summed E-state index contributed by atoms with van der Waals surface area (Å²) in [5.41, 5.74) is 8.59. The molecule has 4 heterocycles. The number of fused-ring (bicyclic) bond motifs is 1. The van der Waals surface area contributed by atoms with Gasteiger partial charge >= 0.3 is 0 Å². The molecule has 1 aliphatic rings. The number of nitrogens with two attached hydrogens (primary N) is 1. The lowest BCUT2D eigenvalue weighted by Crippen LogP contribution is -2.38. The number of anilines is 1. The van der Waals surface area contributed by atoms with E-state index in [0.717, 1.165) is 17.2 Å². The summed E-state index contributed by atoms with van der Waals surface area (Å²) in [5, 5.41) is 16.2. The van der Waals surface area contributed by atoms with Crippen molar-refractivity contribution >= 4 is 30.8 Å². The highest BCUT2D eigenvalue weighted by Crippen LogP contribution is 2.35. The van der Waals surface area contributed by atoms with Crippen molar-refractivity contribution in [3.05, 3.63) is 54.5 Å². The van der Waals surface area contributed by atoms with Gasteiger partial charge in [0.15, 0.2) is 11.4 Å². The summed E-state index contributed by atoms with van der Waals surface area (Å²) in [6.45, 7) is 8.06. The molecule has 1 aliphatic heterocycles. The summed E-state index contributed by atoms with van der Waals surface area (Å²) in [4.78, 5) is 27.1. The molecule has 4 aromatic rings. The molecule has 0 radical (unpaired) electrons. The van der Waals surface area contributed by atoms with E-state index >= 15 is 0 Å². The van der Waals surface area contributed by atoms with Gasteiger partial charge in [-0.3, -0.25) is 4.79 Å². The minimum Gasteiger partial charge on any atom is -0.382 e. The number of likely N-dealkylation sites (tertiary alicyclic amines) is 1. The summed E-state index contributed by atoms with van der Waals surface area (Å²) >= 11 is 0. The predicted octanol–water partition coefficient (Wildman–Crippen LogP) is 3.50. The first-order valence-corrected chi connectivity index (χ1v) is 16.3. The number of nitrogen functional groups attached to an aromatic ring is 1. The van der Waals surface area contributed by atoms with Gasteiger partial charge in [-0.2, -0.15) is 5.10 Å². The Morgan fingerprint density at radius 3 is 2.63 bits per heavy atom. The van der Waals surface area contributed by atoms with Crippen LogP contribution in [-0.2, 0) is 21.9 Å². The van der Waals surface area contributed by atoms with Gasteiger partial charge in [-0.05, 0) is 30.3 Å². The van der Waals surface area contributed by atoms with Crippen LogP contribution >= 0.6 is 0 Å². The second-order valence-electron chi connectivity index (χ2n) is 11.0. The standard InChI is InChI=1S/C27H33N7O3Si/c1-33-11-10-27(36,26(33)35)23-15-22(32-34(23)17-37-12-13-38(2,3)4)19-7-5-6-18(14-19)20-8-9-21-24(31-20)25(28)30-16-29-21/h5-9,14-16,36H,10-13,17H2,1-4H3,(H2,28,29,30)/t27-/m1/s1/i16D. The first-order valence-electron chi connectivity index (χ1n) is 13.1. The van der Waals surface area contributed by atoms with Crippen LogP contribution in [0.3, 0.4) is 0 Å². The first-order chi connectivity index (χ1) is 18.4. The van der Waals surface area contributed by atoms with E-state index < -0.39 is 13.7 Å². The number of aliphatic hydroxyl groups is 1. The molecule has 10 nitrogen and oxygen atoms in total. The highest BCUT2D eigenvalue weighted by Gasteiger charge is 2.47. The zero-order valence-electron chi connectivity index (χ0n) is 23.1. The molecule has 1 amide bonds. The Morgan fingerprint density at radius 2 is 1.92 bits per heavy atom. The summed E-state index contributed by atoms with van der Waals surface area (Å²) < 4.78 is 15.2. The molecule has 1 atom stereocenters. The number of rotatable bonds is 8. The molecule has 0 aliphatic carbocycles. The fourth-order valence-corrected chi connectivity index (χ4v) is 5.28. The monoisotopic (exact) mass is 532 g/mol. The Hall–Kier alpha value is -3.67. The SMILES string of the molecule is [2H]c1nc(N)c2nc(-c3cccc(-c4cc([C@]5(O)CCN(C)C5=O)n(COCC[Si](C)(C)C)n4)c3)ccc2n1. The molecule has 3 N–H and O–H groups in total. The lowest BCUT2D eigenvalue weighted by Gasteiger charge is -2.22. The Morgan fingerprint density at radius 1 is 1.16 bits per heavy atom. The number of hydrogen-bond acceptors (Lipinski definition) is 8. The van der Waals surface area contributed by atoms with Gasteiger partial charge < -0.3 is 20.5 Å². The van der Waals surface area contributed by atoms with Crippen molar-refractivity contribution in [2.45, 2.75) is 44.4 Å². The molecule has 38 heavy (non-hydrogen) atoms. The van der Waals surface area contributed by atoms with Gasteiger partial charge in [0.05, 0.1) is 22.6 Å². The summed E-state index contributed by atoms with van der Waals surface area (Å²) in [6, 6.07) is 14.0. The average molecular weight is 533 g/mol. The van der Waals surface area contributed by atoms with E-state index in [1.165, 1.54) is 4.90 Å². The molecule has 0 saturated carbocycles. The van der Waals surface area contributed by atoms with Gasteiger partial charge in [0.2, 0.25) is 0 Å². The number of amides is 1. The third-order valence-corrected chi connectivity index (χ3v) is 8.54. The normalized spacial score (nSPS) is 18.4. The van der Waals surface area contributed by atoms with Crippen molar-refractivity contribution in [2.24, 2.45) is 0 Å². The van der Waals surface area contributed by atoms with E-state index in [2.05, 4.69) is 34.6 Å². The van der Waals surface area contributed by atoms with E-state index in [-0.39, 0.29) is 31.2 Å². The number of likely N-dealkylation sites (N-methyl/N-ethyl adjacent to an activating group) is 1. The summed E-state index contributed by atoms with van der Waals surface area (Å²) in [6.07, 6.45) is 0.133. The van der Waals surface area contributed by atoms with Crippen LogP contribution in [0.15, 0.2) is 48.8 Å². The number of ether oxygens (including phenoxy) is 1. The molecule has 5 rings (SSSR count). The molecule has 0 spiro atoms. The second-order valence-corrected chi connectivity index (χ2v) is 16.6. The fourth-order valence-electron chi connectivity index (χ4n) is 4.52. The maximum atomic E-state index is 12.9. The van der Waals surface area contributed by atoms with E-state index in [1.807, 2.05) is 30.3 Å². The number of benzene rings is 1. The van der Waals surface area contributed by atoms with E-state index in [9.17, 15) is 9.90 Å². The zero-order chi connectivity index (χ0) is 27.9. The lowest BCUT2D eigenvalue weighted by molar-refractivity contribution is -0.143. The van der Waals surface area contributed by atoms with Gasteiger partial charge in [-0.25, -0.2) is 19.6 Å². The Kier molecular flexibility index (Phi) is 6.42. The first kappa shape index (κ1) is 24.7. The van der Waals surface area contributed by atoms with Gasteiger partial charge in [0.25, 0.3) is 5.91 Å². The minimum absolute atomic E-state index is 0.141. The van der Waals surface area contributed by atoms with Crippen LogP contribution < -0.4 is 5.73 Å².